The Bertz CT molecular complexity index is 334. The fraction of sp³-hybridized carbons (Fsp3) is 0.143. The molecule has 0 saturated carbocycles. The minimum absolute atomic E-state index is 0.186. The summed E-state index contributed by atoms with van der Waals surface area (Å²) in [7, 11) is 0. The van der Waals surface area contributed by atoms with Gasteiger partial charge in [0.1, 0.15) is 11.4 Å². The monoisotopic (exact) mass is 195 g/mol. The maximum absolute atomic E-state index is 12.4. The van der Waals surface area contributed by atoms with Crippen molar-refractivity contribution in [3.63, 3.8) is 0 Å². The highest BCUT2D eigenvalue weighted by atomic mass is 19.4. The van der Waals surface area contributed by atoms with Gasteiger partial charge in [0.25, 0.3) is 0 Å². The maximum atomic E-state index is 12.4. The number of nitrogen functional groups attached to an aromatic ring is 1. The van der Waals surface area contributed by atoms with Gasteiger partial charge in [-0.1, -0.05) is 0 Å². The van der Waals surface area contributed by atoms with E-state index in [1.165, 1.54) is 0 Å². The molecule has 3 N–H and O–H groups in total. The molecule has 1 aromatic rings. The Morgan fingerprint density at radius 3 is 2.23 bits per heavy atom. The van der Waals surface area contributed by atoms with E-state index in [0.717, 1.165) is 0 Å². The zero-order chi connectivity index (χ0) is 10.2. The van der Waals surface area contributed by atoms with Crippen molar-refractivity contribution in [1.29, 1.82) is 0 Å². The molecule has 2 nitrogen and oxygen atoms in total. The summed E-state index contributed by atoms with van der Waals surface area (Å²) >= 11 is 0. The summed E-state index contributed by atoms with van der Waals surface area (Å²) in [4.78, 5) is 0. The van der Waals surface area contributed by atoms with Crippen LogP contribution < -0.4 is 5.73 Å². The quantitative estimate of drug-likeness (QED) is 0.378. The molecule has 0 heterocycles. The minimum atomic E-state index is -4.81. The van der Waals surface area contributed by atoms with Crippen LogP contribution in [0.3, 0.4) is 0 Å². The third-order valence-corrected chi connectivity index (χ3v) is 1.41. The Morgan fingerprint density at radius 1 is 1.23 bits per heavy atom. The van der Waals surface area contributed by atoms with Crippen LogP contribution in [0.25, 0.3) is 0 Å². The average Bonchev–Trinajstić information content (AvgIpc) is 1.94. The SMILES string of the molecule is Nc1cc(F)cc(C(F)(F)F)c1O. The van der Waals surface area contributed by atoms with Gasteiger partial charge in [-0.3, -0.25) is 0 Å². The Hall–Kier alpha value is -1.46. The molecule has 1 aromatic carbocycles. The first-order valence-electron chi connectivity index (χ1n) is 3.17. The molecule has 0 amide bonds. The largest absolute Gasteiger partial charge is 0.505 e. The van der Waals surface area contributed by atoms with Gasteiger partial charge in [-0.05, 0) is 6.07 Å². The topological polar surface area (TPSA) is 46.2 Å². The van der Waals surface area contributed by atoms with Crippen LogP contribution in [0.4, 0.5) is 23.2 Å². The van der Waals surface area contributed by atoms with Crippen LogP contribution in [0.5, 0.6) is 5.75 Å². The molecule has 72 valence electrons. The van der Waals surface area contributed by atoms with Crippen LogP contribution in [-0.2, 0) is 6.18 Å². The van der Waals surface area contributed by atoms with E-state index in [1.54, 1.807) is 0 Å². The number of anilines is 1. The molecule has 0 aromatic heterocycles. The Balaban J connectivity index is 3.37. The standard InChI is InChI=1S/C7H5F4NO/c8-3-1-4(7(9,10)11)6(13)5(12)2-3/h1-2,13H,12H2. The summed E-state index contributed by atoms with van der Waals surface area (Å²) in [5, 5.41) is 8.85. The highest BCUT2D eigenvalue weighted by molar-refractivity contribution is 5.56. The summed E-state index contributed by atoms with van der Waals surface area (Å²) in [6, 6.07) is 0.802. The second-order valence-electron chi connectivity index (χ2n) is 2.39. The lowest BCUT2D eigenvalue weighted by molar-refractivity contribution is -0.138. The molecule has 0 radical (unpaired) electrons. The number of halogens is 4. The summed E-state index contributed by atoms with van der Waals surface area (Å²) in [5.41, 5.74) is 2.83. The fourth-order valence-corrected chi connectivity index (χ4v) is 0.836. The smallest absolute Gasteiger partial charge is 0.420 e. The maximum Gasteiger partial charge on any atom is 0.420 e. The van der Waals surface area contributed by atoms with Crippen molar-refractivity contribution in [2.75, 3.05) is 5.73 Å². The molecule has 0 fully saturated rings. The van der Waals surface area contributed by atoms with E-state index in [0.29, 0.717) is 6.07 Å². The van der Waals surface area contributed by atoms with Crippen molar-refractivity contribution in [2.24, 2.45) is 0 Å². The van der Waals surface area contributed by atoms with Crippen molar-refractivity contribution in [3.8, 4) is 5.75 Å². The van der Waals surface area contributed by atoms with E-state index in [1.807, 2.05) is 0 Å². The highest BCUT2D eigenvalue weighted by Crippen LogP contribution is 2.38. The van der Waals surface area contributed by atoms with Gasteiger partial charge >= 0.3 is 6.18 Å². The van der Waals surface area contributed by atoms with Gasteiger partial charge in [0.05, 0.1) is 5.69 Å². The second kappa shape index (κ2) is 2.79. The number of rotatable bonds is 0. The number of nitrogens with two attached hydrogens (primary N) is 1. The van der Waals surface area contributed by atoms with E-state index < -0.39 is 29.0 Å². The van der Waals surface area contributed by atoms with Crippen molar-refractivity contribution < 1.29 is 22.7 Å². The second-order valence-corrected chi connectivity index (χ2v) is 2.39. The van der Waals surface area contributed by atoms with Gasteiger partial charge in [0.15, 0.2) is 5.75 Å². The molecule has 6 heteroatoms. The van der Waals surface area contributed by atoms with Gasteiger partial charge < -0.3 is 10.8 Å². The van der Waals surface area contributed by atoms with E-state index in [9.17, 15) is 17.6 Å². The van der Waals surface area contributed by atoms with E-state index in [-0.39, 0.29) is 6.07 Å². The van der Waals surface area contributed by atoms with Crippen molar-refractivity contribution in [2.45, 2.75) is 6.18 Å². The summed E-state index contributed by atoms with van der Waals surface area (Å²) in [6.07, 6.45) is -4.81. The zero-order valence-corrected chi connectivity index (χ0v) is 6.19. The van der Waals surface area contributed by atoms with Crippen LogP contribution in [0.1, 0.15) is 5.56 Å². The molecule has 1 rings (SSSR count). The minimum Gasteiger partial charge on any atom is -0.505 e. The number of phenols is 1. The third kappa shape index (κ3) is 1.82. The molecule has 0 aliphatic rings. The van der Waals surface area contributed by atoms with Gasteiger partial charge in [-0.2, -0.15) is 13.2 Å². The molecular formula is C7H5F4NO. The number of benzene rings is 1. The first kappa shape index (κ1) is 9.63. The van der Waals surface area contributed by atoms with Gasteiger partial charge in [0.2, 0.25) is 0 Å². The van der Waals surface area contributed by atoms with Crippen LogP contribution in [0.15, 0.2) is 12.1 Å². The summed E-state index contributed by atoms with van der Waals surface area (Å²) < 4.78 is 48.5. The summed E-state index contributed by atoms with van der Waals surface area (Å²) in [5.74, 6) is -2.28. The highest BCUT2D eigenvalue weighted by Gasteiger charge is 2.35. The molecule has 0 aliphatic carbocycles. The Labute approximate surface area is 70.6 Å². The molecular weight excluding hydrogens is 190 g/mol. The Morgan fingerprint density at radius 2 is 1.77 bits per heavy atom. The van der Waals surface area contributed by atoms with Crippen LogP contribution in [-0.4, -0.2) is 5.11 Å². The average molecular weight is 195 g/mol. The van der Waals surface area contributed by atoms with Crippen molar-refractivity contribution in [3.05, 3.63) is 23.5 Å². The molecule has 0 unspecified atom stereocenters. The van der Waals surface area contributed by atoms with Crippen LogP contribution in [0.2, 0.25) is 0 Å². The lowest BCUT2D eigenvalue weighted by Gasteiger charge is -2.10. The van der Waals surface area contributed by atoms with Gasteiger partial charge in [-0.25, -0.2) is 4.39 Å². The molecule has 0 atom stereocenters. The number of hydrogen-bond donors (Lipinski definition) is 2. The van der Waals surface area contributed by atoms with Crippen LogP contribution >= 0.6 is 0 Å². The van der Waals surface area contributed by atoms with Gasteiger partial charge in [0, 0.05) is 6.07 Å². The van der Waals surface area contributed by atoms with Crippen molar-refractivity contribution >= 4 is 5.69 Å². The van der Waals surface area contributed by atoms with E-state index in [2.05, 4.69) is 0 Å². The number of phenolic OH excluding ortho intramolecular Hbond substituents is 1. The number of aromatic hydroxyl groups is 1. The van der Waals surface area contributed by atoms with Crippen LogP contribution in [0, 0.1) is 5.82 Å². The summed E-state index contributed by atoms with van der Waals surface area (Å²) in [6.45, 7) is 0. The van der Waals surface area contributed by atoms with E-state index >= 15 is 0 Å². The molecule has 0 spiro atoms. The lowest BCUT2D eigenvalue weighted by atomic mass is 10.1. The predicted octanol–water partition coefficient (Wildman–Crippen LogP) is 2.13. The van der Waals surface area contributed by atoms with Crippen molar-refractivity contribution in [1.82, 2.24) is 0 Å². The lowest BCUT2D eigenvalue weighted by Crippen LogP contribution is -2.07. The Kier molecular flexibility index (Phi) is 2.07. The first-order valence-corrected chi connectivity index (χ1v) is 3.17. The molecule has 0 bridgehead atoms. The van der Waals surface area contributed by atoms with E-state index in [4.69, 9.17) is 10.8 Å². The fourth-order valence-electron chi connectivity index (χ4n) is 0.836. The number of hydrogen-bond acceptors (Lipinski definition) is 2. The molecule has 0 aliphatic heterocycles. The normalized spacial score (nSPS) is 11.7. The third-order valence-electron chi connectivity index (χ3n) is 1.41. The zero-order valence-electron chi connectivity index (χ0n) is 6.19. The predicted molar refractivity (Wildman–Crippen MR) is 37.5 cm³/mol. The first-order chi connectivity index (χ1) is 5.82. The molecule has 0 saturated heterocycles. The molecule has 13 heavy (non-hydrogen) atoms. The number of alkyl halides is 3. The van der Waals surface area contributed by atoms with Gasteiger partial charge in [-0.15, -0.1) is 0 Å².